The standard InChI is InChI=1S/C23H28N4O/c1-18-5-7-19(8-6-18)21-16-24-22-23(25(2)13-14-27(21)22)9-11-26(12-10-23)17-20-4-3-15-28-20/h3-8,15-16H,9-14,17H2,1-2H3. The van der Waals surface area contributed by atoms with Gasteiger partial charge in [-0.25, -0.2) is 4.98 Å². The highest BCUT2D eigenvalue weighted by molar-refractivity contribution is 5.60. The molecule has 0 saturated carbocycles. The molecule has 146 valence electrons. The number of benzene rings is 1. The zero-order valence-electron chi connectivity index (χ0n) is 16.8. The number of fused-ring (bicyclic) bond motifs is 2. The van der Waals surface area contributed by atoms with Gasteiger partial charge in [0.05, 0.1) is 30.2 Å². The third kappa shape index (κ3) is 2.90. The summed E-state index contributed by atoms with van der Waals surface area (Å²) in [5.74, 6) is 2.30. The predicted octanol–water partition coefficient (Wildman–Crippen LogP) is 3.89. The summed E-state index contributed by atoms with van der Waals surface area (Å²) in [5, 5.41) is 0. The fraction of sp³-hybridized carbons (Fsp3) is 0.435. The Balaban J connectivity index is 1.42. The van der Waals surface area contributed by atoms with Crippen LogP contribution >= 0.6 is 0 Å². The second-order valence-electron chi connectivity index (χ2n) is 8.29. The number of nitrogens with zero attached hydrogens (tertiary/aromatic N) is 4. The summed E-state index contributed by atoms with van der Waals surface area (Å²) in [6, 6.07) is 12.9. The van der Waals surface area contributed by atoms with Gasteiger partial charge in [-0.05, 0) is 44.5 Å². The van der Waals surface area contributed by atoms with Crippen LogP contribution in [0.25, 0.3) is 11.3 Å². The zero-order chi connectivity index (χ0) is 19.1. The van der Waals surface area contributed by atoms with Crippen LogP contribution in [0, 0.1) is 6.92 Å². The van der Waals surface area contributed by atoms with Gasteiger partial charge in [-0.15, -0.1) is 0 Å². The summed E-state index contributed by atoms with van der Waals surface area (Å²) in [6.07, 6.45) is 6.05. The lowest BCUT2D eigenvalue weighted by Gasteiger charge is -2.49. The van der Waals surface area contributed by atoms with E-state index in [1.165, 1.54) is 22.6 Å². The van der Waals surface area contributed by atoms with Crippen molar-refractivity contribution in [3.63, 3.8) is 0 Å². The Kier molecular flexibility index (Phi) is 4.37. The lowest BCUT2D eigenvalue weighted by atomic mass is 9.83. The number of rotatable bonds is 3. The molecule has 0 unspecified atom stereocenters. The maximum atomic E-state index is 5.54. The molecule has 2 aromatic heterocycles. The van der Waals surface area contributed by atoms with Crippen LogP contribution in [0.3, 0.4) is 0 Å². The second kappa shape index (κ2) is 6.90. The average molecular weight is 377 g/mol. The number of hydrogen-bond donors (Lipinski definition) is 0. The first kappa shape index (κ1) is 17.7. The zero-order valence-corrected chi connectivity index (χ0v) is 16.8. The molecule has 0 atom stereocenters. The van der Waals surface area contributed by atoms with Gasteiger partial charge < -0.3 is 8.98 Å². The summed E-state index contributed by atoms with van der Waals surface area (Å²) < 4.78 is 8.01. The third-order valence-corrected chi connectivity index (χ3v) is 6.65. The highest BCUT2D eigenvalue weighted by atomic mass is 16.3. The number of imidazole rings is 1. The second-order valence-corrected chi connectivity index (χ2v) is 8.29. The van der Waals surface area contributed by atoms with Gasteiger partial charge >= 0.3 is 0 Å². The maximum Gasteiger partial charge on any atom is 0.129 e. The van der Waals surface area contributed by atoms with Gasteiger partial charge in [-0.1, -0.05) is 29.8 Å². The number of furan rings is 1. The Hall–Kier alpha value is -2.37. The molecule has 0 aliphatic carbocycles. The molecule has 4 heterocycles. The van der Waals surface area contributed by atoms with E-state index in [2.05, 4.69) is 64.9 Å². The average Bonchev–Trinajstić information content (AvgIpc) is 3.37. The van der Waals surface area contributed by atoms with Crippen molar-refractivity contribution in [2.24, 2.45) is 0 Å². The molecule has 0 radical (unpaired) electrons. The summed E-state index contributed by atoms with van der Waals surface area (Å²) >= 11 is 0. The van der Waals surface area contributed by atoms with E-state index in [1.807, 2.05) is 6.07 Å². The molecule has 1 spiro atoms. The van der Waals surface area contributed by atoms with Crippen molar-refractivity contribution in [3.8, 4) is 11.3 Å². The molecule has 5 nitrogen and oxygen atoms in total. The highest BCUT2D eigenvalue weighted by Crippen LogP contribution is 2.41. The van der Waals surface area contributed by atoms with Crippen molar-refractivity contribution in [3.05, 3.63) is 66.0 Å². The minimum absolute atomic E-state index is 0.0425. The molecule has 0 amide bonds. The molecule has 1 fully saturated rings. The van der Waals surface area contributed by atoms with Gasteiger partial charge in [-0.2, -0.15) is 0 Å². The first-order chi connectivity index (χ1) is 13.7. The topological polar surface area (TPSA) is 37.4 Å². The fourth-order valence-electron chi connectivity index (χ4n) is 4.87. The van der Waals surface area contributed by atoms with E-state index in [0.29, 0.717) is 0 Å². The van der Waals surface area contributed by atoms with Crippen LogP contribution in [-0.2, 0) is 18.6 Å². The molecule has 0 bridgehead atoms. The van der Waals surface area contributed by atoms with E-state index in [4.69, 9.17) is 9.40 Å². The van der Waals surface area contributed by atoms with Gasteiger partial charge in [0.1, 0.15) is 11.6 Å². The van der Waals surface area contributed by atoms with Crippen molar-refractivity contribution < 1.29 is 4.42 Å². The van der Waals surface area contributed by atoms with E-state index >= 15 is 0 Å². The lowest BCUT2D eigenvalue weighted by molar-refractivity contribution is 0.00549. The molecule has 1 saturated heterocycles. The van der Waals surface area contributed by atoms with Gasteiger partial charge in [0.2, 0.25) is 0 Å². The quantitative estimate of drug-likeness (QED) is 0.695. The van der Waals surface area contributed by atoms with Crippen LogP contribution in [0.2, 0.25) is 0 Å². The molecule has 28 heavy (non-hydrogen) atoms. The highest BCUT2D eigenvalue weighted by Gasteiger charge is 2.45. The fourth-order valence-corrected chi connectivity index (χ4v) is 4.87. The van der Waals surface area contributed by atoms with Crippen molar-refractivity contribution in [2.45, 2.75) is 38.4 Å². The number of likely N-dealkylation sites (N-methyl/N-ethyl adjacent to an activating group) is 1. The first-order valence-electron chi connectivity index (χ1n) is 10.2. The smallest absolute Gasteiger partial charge is 0.129 e. The van der Waals surface area contributed by atoms with Crippen LogP contribution in [-0.4, -0.2) is 46.0 Å². The molecule has 5 rings (SSSR count). The van der Waals surface area contributed by atoms with E-state index in [1.54, 1.807) is 6.26 Å². The van der Waals surface area contributed by atoms with Crippen LogP contribution in [0.1, 0.15) is 30.0 Å². The summed E-state index contributed by atoms with van der Waals surface area (Å²) in [7, 11) is 2.27. The minimum Gasteiger partial charge on any atom is -0.468 e. The van der Waals surface area contributed by atoms with Gasteiger partial charge in [-0.3, -0.25) is 9.80 Å². The Morgan fingerprint density at radius 1 is 1.04 bits per heavy atom. The molecular formula is C23H28N4O. The van der Waals surface area contributed by atoms with Crippen LogP contribution in [0.15, 0.2) is 53.3 Å². The van der Waals surface area contributed by atoms with Crippen LogP contribution in [0.5, 0.6) is 0 Å². The molecule has 1 aromatic carbocycles. The minimum atomic E-state index is 0.0425. The summed E-state index contributed by atoms with van der Waals surface area (Å²) in [5.41, 5.74) is 3.85. The number of likely N-dealkylation sites (tertiary alicyclic amines) is 1. The number of aromatic nitrogens is 2. The van der Waals surface area contributed by atoms with Gasteiger partial charge in [0.25, 0.3) is 0 Å². The van der Waals surface area contributed by atoms with Crippen LogP contribution < -0.4 is 0 Å². The van der Waals surface area contributed by atoms with Crippen molar-refractivity contribution >= 4 is 0 Å². The monoisotopic (exact) mass is 376 g/mol. The summed E-state index contributed by atoms with van der Waals surface area (Å²) in [6.45, 7) is 7.24. The van der Waals surface area contributed by atoms with Crippen molar-refractivity contribution in [1.82, 2.24) is 19.4 Å². The molecule has 2 aliphatic heterocycles. The van der Waals surface area contributed by atoms with E-state index < -0.39 is 0 Å². The van der Waals surface area contributed by atoms with Gasteiger partial charge in [0.15, 0.2) is 0 Å². The Morgan fingerprint density at radius 2 is 1.82 bits per heavy atom. The predicted molar refractivity (Wildman–Crippen MR) is 110 cm³/mol. The summed E-state index contributed by atoms with van der Waals surface area (Å²) in [4.78, 5) is 10.0. The molecular weight excluding hydrogens is 348 g/mol. The molecule has 0 N–H and O–H groups in total. The number of piperidine rings is 1. The van der Waals surface area contributed by atoms with E-state index in [0.717, 1.165) is 51.3 Å². The number of aryl methyl sites for hydroxylation is 1. The van der Waals surface area contributed by atoms with E-state index in [-0.39, 0.29) is 5.54 Å². The Morgan fingerprint density at radius 3 is 2.54 bits per heavy atom. The molecule has 2 aliphatic rings. The normalized spacial score (nSPS) is 19.8. The van der Waals surface area contributed by atoms with Crippen molar-refractivity contribution in [2.75, 3.05) is 26.7 Å². The largest absolute Gasteiger partial charge is 0.468 e. The van der Waals surface area contributed by atoms with Crippen molar-refractivity contribution in [1.29, 1.82) is 0 Å². The maximum absolute atomic E-state index is 5.54. The molecule has 5 heteroatoms. The SMILES string of the molecule is Cc1ccc(-c2cnc3n2CCN(C)C32CCN(Cc3ccco3)CC2)cc1. The Bertz CT molecular complexity index is 934. The first-order valence-corrected chi connectivity index (χ1v) is 10.2. The van der Waals surface area contributed by atoms with E-state index in [9.17, 15) is 0 Å². The Labute approximate surface area is 166 Å². The van der Waals surface area contributed by atoms with Crippen LogP contribution in [0.4, 0.5) is 0 Å². The molecule has 3 aromatic rings. The van der Waals surface area contributed by atoms with Gasteiger partial charge in [0, 0.05) is 26.2 Å². The third-order valence-electron chi connectivity index (χ3n) is 6.65. The number of hydrogen-bond acceptors (Lipinski definition) is 4. The lowest BCUT2D eigenvalue weighted by Crippen LogP contribution is -2.56.